The van der Waals surface area contributed by atoms with Crippen LogP contribution in [0.1, 0.15) is 11.1 Å². The van der Waals surface area contributed by atoms with E-state index in [9.17, 15) is 9.18 Å². The molecule has 0 N–H and O–H groups in total. The Bertz CT molecular complexity index is 1080. The molecule has 5 rings (SSSR count). The van der Waals surface area contributed by atoms with E-state index < -0.39 is 6.09 Å². The summed E-state index contributed by atoms with van der Waals surface area (Å²) in [7, 11) is 0. The van der Waals surface area contributed by atoms with Crippen molar-refractivity contribution < 1.29 is 18.7 Å². The molecule has 180 valence electrons. The van der Waals surface area contributed by atoms with Crippen LogP contribution in [-0.4, -0.2) is 51.8 Å². The van der Waals surface area contributed by atoms with Crippen LogP contribution in [0.5, 0.6) is 0 Å². The molecule has 7 heteroatoms. The number of benzene rings is 3. The summed E-state index contributed by atoms with van der Waals surface area (Å²) in [6.45, 7) is 3.25. The van der Waals surface area contributed by atoms with E-state index in [1.807, 2.05) is 23.1 Å². The molecule has 3 aromatic rings. The summed E-state index contributed by atoms with van der Waals surface area (Å²) in [5.41, 5.74) is 3.63. The predicted octanol–water partition coefficient (Wildman–Crippen LogP) is 5.05. The topological polar surface area (TPSA) is 42.0 Å². The lowest BCUT2D eigenvalue weighted by Gasteiger charge is -2.29. The number of halogens is 1. The Morgan fingerprint density at radius 2 is 1.51 bits per heavy atom. The Kier molecular flexibility index (Phi) is 7.33. The van der Waals surface area contributed by atoms with E-state index in [0.29, 0.717) is 50.9 Å². The van der Waals surface area contributed by atoms with Crippen molar-refractivity contribution in [2.75, 3.05) is 42.6 Å². The third-order valence-corrected chi connectivity index (χ3v) is 6.80. The summed E-state index contributed by atoms with van der Waals surface area (Å²) in [4.78, 5) is 16.3. The van der Waals surface area contributed by atoms with Crippen LogP contribution in [0.4, 0.5) is 20.6 Å². The monoisotopic (exact) mass is 472 g/mol. The highest BCUT2D eigenvalue weighted by molar-refractivity contribution is 6.58. The van der Waals surface area contributed by atoms with Crippen LogP contribution in [0.25, 0.3) is 0 Å². The summed E-state index contributed by atoms with van der Waals surface area (Å²) < 4.78 is 26.1. The Morgan fingerprint density at radius 1 is 0.886 bits per heavy atom. The fourth-order valence-corrected chi connectivity index (χ4v) is 5.08. The number of morpholine rings is 1. The van der Waals surface area contributed by atoms with Crippen molar-refractivity contribution in [3.8, 4) is 0 Å². The van der Waals surface area contributed by atoms with Crippen molar-refractivity contribution in [2.24, 2.45) is 0 Å². The lowest BCUT2D eigenvalue weighted by molar-refractivity contribution is 0.122. The fourth-order valence-electron chi connectivity index (χ4n) is 5.08. The molecule has 2 saturated heterocycles. The lowest BCUT2D eigenvalue weighted by atomic mass is 9.40. The highest BCUT2D eigenvalue weighted by Crippen LogP contribution is 2.30. The molecule has 0 radical (unpaired) electrons. The van der Waals surface area contributed by atoms with Gasteiger partial charge in [-0.15, -0.1) is 0 Å². The van der Waals surface area contributed by atoms with Gasteiger partial charge in [0.1, 0.15) is 11.9 Å². The number of amides is 1. The molecule has 0 saturated carbocycles. The maximum Gasteiger partial charge on any atom is 0.414 e. The molecule has 3 aromatic carbocycles. The molecule has 1 amide bonds. The molecule has 1 atom stereocenters. The largest absolute Gasteiger partial charge is 0.445 e. The third-order valence-electron chi connectivity index (χ3n) is 6.80. The zero-order valence-corrected chi connectivity index (χ0v) is 19.8. The number of hydrogen-bond donors (Lipinski definition) is 0. The van der Waals surface area contributed by atoms with Crippen LogP contribution in [0.3, 0.4) is 0 Å². The van der Waals surface area contributed by atoms with E-state index in [1.54, 1.807) is 11.0 Å². The zero-order chi connectivity index (χ0) is 24.0. The van der Waals surface area contributed by atoms with E-state index in [1.165, 1.54) is 17.2 Å². The molecule has 0 aliphatic carbocycles. The minimum atomic E-state index is -0.410. The van der Waals surface area contributed by atoms with Crippen molar-refractivity contribution in [3.63, 3.8) is 0 Å². The van der Waals surface area contributed by atoms with E-state index in [2.05, 4.69) is 48.5 Å². The standard InChI is InChI=1S/C28H30BFN2O3/c30-26-17-24(11-12-27(26)31-13-15-34-16-14-31)32-21-25(35-28(32)33)20-29(18-22-7-3-1-4-8-22)19-23-9-5-2-6-10-23/h1-12,17,25H,13-16,18-21H2/t25-/m0/s1. The number of carbonyl (C=O) groups excluding carboxylic acids is 1. The van der Waals surface area contributed by atoms with Gasteiger partial charge >= 0.3 is 6.09 Å². The van der Waals surface area contributed by atoms with Crippen LogP contribution in [0.2, 0.25) is 6.32 Å². The lowest BCUT2D eigenvalue weighted by Crippen LogP contribution is -2.36. The van der Waals surface area contributed by atoms with Crippen molar-refractivity contribution >= 4 is 24.2 Å². The van der Waals surface area contributed by atoms with Crippen molar-refractivity contribution in [1.82, 2.24) is 0 Å². The van der Waals surface area contributed by atoms with Crippen LogP contribution in [-0.2, 0) is 22.1 Å². The number of carbonyl (C=O) groups is 1. The third kappa shape index (κ3) is 5.85. The number of nitrogens with zero attached hydrogens (tertiary/aromatic N) is 2. The quantitative estimate of drug-likeness (QED) is 0.431. The molecule has 0 bridgehead atoms. The van der Waals surface area contributed by atoms with E-state index in [4.69, 9.17) is 9.47 Å². The summed E-state index contributed by atoms with van der Waals surface area (Å²) in [5.74, 6) is -0.327. The van der Waals surface area contributed by atoms with Gasteiger partial charge in [-0.2, -0.15) is 0 Å². The van der Waals surface area contributed by atoms with E-state index in [-0.39, 0.29) is 11.9 Å². The van der Waals surface area contributed by atoms with Gasteiger partial charge in [0.2, 0.25) is 0 Å². The summed E-state index contributed by atoms with van der Waals surface area (Å²) in [6, 6.07) is 25.9. The van der Waals surface area contributed by atoms with Crippen molar-refractivity contribution in [3.05, 3.63) is 95.8 Å². The molecule has 0 spiro atoms. The Labute approximate surface area is 206 Å². The number of rotatable bonds is 8. The maximum atomic E-state index is 14.9. The molecular formula is C28H30BFN2O3. The SMILES string of the molecule is O=C1O[C@@H](CB(Cc2ccccc2)Cc2ccccc2)CN1c1ccc(N2CCOCC2)c(F)c1. The minimum absolute atomic E-state index is 0.234. The first kappa shape index (κ1) is 23.4. The van der Waals surface area contributed by atoms with E-state index in [0.717, 1.165) is 19.0 Å². The average Bonchev–Trinajstić information content (AvgIpc) is 3.25. The molecular weight excluding hydrogens is 442 g/mol. The zero-order valence-electron chi connectivity index (χ0n) is 19.8. The van der Waals surface area contributed by atoms with Crippen molar-refractivity contribution in [2.45, 2.75) is 25.1 Å². The van der Waals surface area contributed by atoms with Gasteiger partial charge in [0.05, 0.1) is 31.1 Å². The van der Waals surface area contributed by atoms with Gasteiger partial charge in [0, 0.05) is 13.1 Å². The molecule has 35 heavy (non-hydrogen) atoms. The van der Waals surface area contributed by atoms with Gasteiger partial charge in [-0.25, -0.2) is 9.18 Å². The minimum Gasteiger partial charge on any atom is -0.445 e. The Hall–Kier alpha value is -3.32. The second kappa shape index (κ2) is 11.0. The molecule has 0 unspecified atom stereocenters. The van der Waals surface area contributed by atoms with Gasteiger partial charge in [-0.3, -0.25) is 4.90 Å². The predicted molar refractivity (Wildman–Crippen MR) is 138 cm³/mol. The Balaban J connectivity index is 1.27. The average molecular weight is 472 g/mol. The first-order valence-corrected chi connectivity index (χ1v) is 12.3. The van der Waals surface area contributed by atoms with Gasteiger partial charge in [-0.1, -0.05) is 71.8 Å². The molecule has 0 aromatic heterocycles. The Morgan fingerprint density at radius 3 is 2.11 bits per heavy atom. The maximum absolute atomic E-state index is 14.9. The number of cyclic esters (lactones) is 1. The van der Waals surface area contributed by atoms with Gasteiger partial charge in [0.25, 0.3) is 0 Å². The van der Waals surface area contributed by atoms with E-state index >= 15 is 0 Å². The highest BCUT2D eigenvalue weighted by atomic mass is 19.1. The summed E-state index contributed by atoms with van der Waals surface area (Å²) in [5, 5.41) is 0. The number of ether oxygens (including phenoxy) is 2. The van der Waals surface area contributed by atoms with Gasteiger partial charge in [-0.05, 0) is 37.2 Å². The smallest absolute Gasteiger partial charge is 0.414 e. The first-order valence-electron chi connectivity index (χ1n) is 12.3. The second-order valence-electron chi connectivity index (χ2n) is 9.33. The molecule has 5 nitrogen and oxygen atoms in total. The molecule has 2 fully saturated rings. The van der Waals surface area contributed by atoms with Crippen LogP contribution < -0.4 is 9.80 Å². The van der Waals surface area contributed by atoms with Gasteiger partial charge in [0.15, 0.2) is 6.71 Å². The number of anilines is 2. The number of hydrogen-bond acceptors (Lipinski definition) is 4. The normalized spacial score (nSPS) is 18.0. The summed E-state index contributed by atoms with van der Waals surface area (Å²) >= 11 is 0. The second-order valence-corrected chi connectivity index (χ2v) is 9.33. The molecule has 2 aliphatic rings. The first-order chi connectivity index (χ1) is 17.2. The van der Waals surface area contributed by atoms with Crippen LogP contribution in [0, 0.1) is 5.82 Å². The molecule has 2 heterocycles. The van der Waals surface area contributed by atoms with Crippen LogP contribution >= 0.6 is 0 Å². The fraction of sp³-hybridized carbons (Fsp3) is 0.321. The summed E-state index contributed by atoms with van der Waals surface area (Å²) in [6.07, 6.45) is 1.92. The molecule has 2 aliphatic heterocycles. The van der Waals surface area contributed by atoms with Gasteiger partial charge < -0.3 is 14.4 Å². The van der Waals surface area contributed by atoms with Crippen LogP contribution in [0.15, 0.2) is 78.9 Å². The highest BCUT2D eigenvalue weighted by Gasteiger charge is 2.35. The van der Waals surface area contributed by atoms with Crippen molar-refractivity contribution in [1.29, 1.82) is 0 Å².